The monoisotopic (exact) mass is 411 g/mol. The van der Waals surface area contributed by atoms with Gasteiger partial charge in [0.25, 0.3) is 11.5 Å². The van der Waals surface area contributed by atoms with E-state index in [0.29, 0.717) is 11.4 Å². The van der Waals surface area contributed by atoms with Gasteiger partial charge in [-0.15, -0.1) is 0 Å². The van der Waals surface area contributed by atoms with Gasteiger partial charge in [-0.3, -0.25) is 0 Å². The van der Waals surface area contributed by atoms with Crippen LogP contribution in [0.25, 0.3) is 60.7 Å². The van der Waals surface area contributed by atoms with E-state index in [1.807, 2.05) is 36.4 Å². The van der Waals surface area contributed by atoms with E-state index in [2.05, 4.69) is 24.8 Å². The number of nitrogens with zero attached hydrogens (tertiary/aromatic N) is 5. The number of fused-ring (bicyclic) bond motifs is 4. The predicted octanol–water partition coefficient (Wildman–Crippen LogP) is 5.86. The lowest BCUT2D eigenvalue weighted by molar-refractivity contribution is 0.447. The van der Waals surface area contributed by atoms with Gasteiger partial charge in [-0.1, -0.05) is 48.0 Å². The van der Waals surface area contributed by atoms with Crippen molar-refractivity contribution in [3.63, 3.8) is 0 Å². The van der Waals surface area contributed by atoms with Crippen LogP contribution in [0.1, 0.15) is 0 Å². The van der Waals surface area contributed by atoms with Crippen LogP contribution >= 0.6 is 0 Å². The molecule has 0 unspecified atom stereocenters. The number of halogens is 3. The summed E-state index contributed by atoms with van der Waals surface area (Å²) in [5, 5.41) is 2.06. The van der Waals surface area contributed by atoms with Crippen LogP contribution in [0.5, 0.6) is 0 Å². The van der Waals surface area contributed by atoms with Crippen LogP contribution in [0.3, 0.4) is 0 Å². The molecule has 2 aromatic heterocycles. The van der Waals surface area contributed by atoms with E-state index in [1.54, 1.807) is 0 Å². The zero-order valence-electron chi connectivity index (χ0n) is 15.5. The Morgan fingerprint density at radius 3 is 1.84 bits per heavy atom. The topological polar surface area (TPSA) is 55.9 Å². The van der Waals surface area contributed by atoms with Crippen molar-refractivity contribution in [1.29, 1.82) is 0 Å². The maximum Gasteiger partial charge on any atom is 0.298 e. The van der Waals surface area contributed by atoms with E-state index in [4.69, 9.17) is 6.57 Å². The van der Waals surface area contributed by atoms with Gasteiger partial charge in [0.1, 0.15) is 11.4 Å². The molecule has 0 bridgehead atoms. The molecule has 146 valence electrons. The van der Waals surface area contributed by atoms with E-state index < -0.39 is 17.5 Å². The van der Waals surface area contributed by atoms with Crippen LogP contribution in [0.2, 0.25) is 0 Å². The van der Waals surface area contributed by atoms with Crippen LogP contribution in [-0.2, 0) is 0 Å². The van der Waals surface area contributed by atoms with Crippen molar-refractivity contribution in [1.82, 2.24) is 19.9 Å². The summed E-state index contributed by atoms with van der Waals surface area (Å²) in [5.41, 5.74) is 3.12. The second-order valence-electron chi connectivity index (χ2n) is 7.04. The minimum absolute atomic E-state index is 0.0942. The molecule has 0 saturated heterocycles. The normalized spacial score (nSPS) is 11.7. The number of rotatable bonds is 1. The van der Waals surface area contributed by atoms with Gasteiger partial charge in [-0.25, -0.2) is 28.1 Å². The average Bonchev–Trinajstić information content (AvgIpc) is 3.09. The van der Waals surface area contributed by atoms with Gasteiger partial charge in [0.2, 0.25) is 5.65 Å². The number of hydrogen-bond acceptors (Lipinski definition) is 4. The minimum atomic E-state index is -1.59. The van der Waals surface area contributed by atoms with Crippen LogP contribution in [-0.4, -0.2) is 19.9 Å². The molecule has 3 aromatic carbocycles. The molecule has 31 heavy (non-hydrogen) atoms. The van der Waals surface area contributed by atoms with Crippen molar-refractivity contribution in [2.75, 3.05) is 0 Å². The standard InChI is InChI=1S/C23H8F3N5/c1-27-21-18(11-8-14(24)17(26)15(25)9-11)28-22-23(31-21)30-20-13-7-3-5-10-4-2-6-12(16(10)13)19(20)29-22/h2-9H. The Morgan fingerprint density at radius 2 is 1.26 bits per heavy atom. The zero-order chi connectivity index (χ0) is 21.3. The molecule has 0 N–H and O–H groups in total. The molecule has 1 aliphatic carbocycles. The van der Waals surface area contributed by atoms with Gasteiger partial charge in [0, 0.05) is 16.5 Å². The van der Waals surface area contributed by atoms with Gasteiger partial charge in [0.15, 0.2) is 17.5 Å². The highest BCUT2D eigenvalue weighted by Crippen LogP contribution is 2.45. The first-order chi connectivity index (χ1) is 15.0. The molecule has 0 saturated carbocycles. The van der Waals surface area contributed by atoms with Crippen LogP contribution in [0.15, 0.2) is 48.5 Å². The van der Waals surface area contributed by atoms with E-state index in [0.717, 1.165) is 34.0 Å². The Balaban J connectivity index is 1.65. The second kappa shape index (κ2) is 6.06. The largest absolute Gasteiger partial charge is 0.359 e. The highest BCUT2D eigenvalue weighted by atomic mass is 19.2. The maximum absolute atomic E-state index is 13.8. The van der Waals surface area contributed by atoms with Crippen molar-refractivity contribution in [3.8, 4) is 33.8 Å². The van der Waals surface area contributed by atoms with Gasteiger partial charge in [-0.2, -0.15) is 0 Å². The van der Waals surface area contributed by atoms with Crippen molar-refractivity contribution in [3.05, 3.63) is 77.4 Å². The summed E-state index contributed by atoms with van der Waals surface area (Å²) in [4.78, 5) is 21.1. The summed E-state index contributed by atoms with van der Waals surface area (Å²) in [7, 11) is 0. The Hall–Kier alpha value is -4.38. The fraction of sp³-hybridized carbons (Fsp3) is 0. The minimum Gasteiger partial charge on any atom is -0.359 e. The van der Waals surface area contributed by atoms with Gasteiger partial charge < -0.3 is 4.85 Å². The molecule has 6 rings (SSSR count). The molecule has 2 heterocycles. The molecule has 0 spiro atoms. The van der Waals surface area contributed by atoms with Crippen LogP contribution in [0, 0.1) is 24.0 Å². The Kier molecular flexibility index (Phi) is 3.42. The highest BCUT2D eigenvalue weighted by molar-refractivity contribution is 6.13. The molecule has 0 radical (unpaired) electrons. The Labute approximate surface area is 172 Å². The molecular formula is C23H8F3N5. The van der Waals surface area contributed by atoms with Gasteiger partial charge in [0.05, 0.1) is 5.69 Å². The van der Waals surface area contributed by atoms with Crippen molar-refractivity contribution in [2.45, 2.75) is 0 Å². The van der Waals surface area contributed by atoms with Crippen LogP contribution < -0.4 is 0 Å². The molecule has 8 heteroatoms. The lowest BCUT2D eigenvalue weighted by atomic mass is 10.0. The Bertz CT molecular complexity index is 1610. The first-order valence-electron chi connectivity index (χ1n) is 9.20. The number of hydrogen-bond donors (Lipinski definition) is 0. The lowest BCUT2D eigenvalue weighted by Gasteiger charge is -2.07. The summed E-state index contributed by atoms with van der Waals surface area (Å²) in [6, 6.07) is 13.3. The second-order valence-corrected chi connectivity index (χ2v) is 7.04. The molecule has 5 nitrogen and oxygen atoms in total. The average molecular weight is 411 g/mol. The smallest absolute Gasteiger partial charge is 0.298 e. The third kappa shape index (κ3) is 2.37. The van der Waals surface area contributed by atoms with E-state index >= 15 is 0 Å². The molecular weight excluding hydrogens is 403 g/mol. The number of aromatic nitrogens is 4. The summed E-state index contributed by atoms with van der Waals surface area (Å²) in [6.07, 6.45) is 0. The molecule has 0 aliphatic heterocycles. The quantitative estimate of drug-likeness (QED) is 0.251. The molecule has 5 aromatic rings. The predicted molar refractivity (Wildman–Crippen MR) is 109 cm³/mol. The molecule has 1 aliphatic rings. The lowest BCUT2D eigenvalue weighted by Crippen LogP contribution is -1.99. The number of benzene rings is 3. The highest BCUT2D eigenvalue weighted by Gasteiger charge is 2.27. The third-order valence-corrected chi connectivity index (χ3v) is 5.28. The summed E-state index contributed by atoms with van der Waals surface area (Å²) >= 11 is 0. The molecule has 0 atom stereocenters. The van der Waals surface area contributed by atoms with Gasteiger partial charge in [-0.05, 0) is 23.1 Å². The summed E-state index contributed by atoms with van der Waals surface area (Å²) < 4.78 is 40.9. The first-order valence-corrected chi connectivity index (χ1v) is 9.20. The fourth-order valence-electron chi connectivity index (χ4n) is 3.95. The molecule has 0 fully saturated rings. The molecule has 0 amide bonds. The van der Waals surface area contributed by atoms with E-state index in [-0.39, 0.29) is 28.4 Å². The van der Waals surface area contributed by atoms with Gasteiger partial charge >= 0.3 is 0 Å². The summed E-state index contributed by atoms with van der Waals surface area (Å²) in [5.74, 6) is -4.56. The Morgan fingerprint density at radius 1 is 0.710 bits per heavy atom. The van der Waals surface area contributed by atoms with Crippen molar-refractivity contribution >= 4 is 27.9 Å². The van der Waals surface area contributed by atoms with E-state index in [9.17, 15) is 13.2 Å². The zero-order valence-corrected chi connectivity index (χ0v) is 15.5. The maximum atomic E-state index is 13.8. The fourth-order valence-corrected chi connectivity index (χ4v) is 3.95. The van der Waals surface area contributed by atoms with Crippen LogP contribution in [0.4, 0.5) is 19.0 Å². The SMILES string of the molecule is [C-]#[N+]c1nc2nc3c(nc2nc1-c1cc(F)c(F)c(F)c1)-c1cccc2cccc-3c12. The van der Waals surface area contributed by atoms with E-state index in [1.165, 1.54) is 0 Å². The third-order valence-electron chi connectivity index (χ3n) is 5.28. The van der Waals surface area contributed by atoms with Crippen molar-refractivity contribution < 1.29 is 13.2 Å². The first kappa shape index (κ1) is 17.5. The van der Waals surface area contributed by atoms with Crippen molar-refractivity contribution in [2.24, 2.45) is 0 Å². The summed E-state index contributed by atoms with van der Waals surface area (Å²) in [6.45, 7) is 7.42.